The molecule has 0 fully saturated rings. The zero-order valence-electron chi connectivity index (χ0n) is 6.07. The smallest absolute Gasteiger partial charge is 0.834 e. The molecule has 2 nitrogen and oxygen atoms in total. The van der Waals surface area contributed by atoms with Gasteiger partial charge in [0.2, 0.25) is 0 Å². The van der Waals surface area contributed by atoms with Crippen molar-refractivity contribution in [2.75, 3.05) is 14.1 Å². The van der Waals surface area contributed by atoms with Crippen molar-refractivity contribution in [2.45, 2.75) is 12.4 Å². The molecule has 0 spiro atoms. The second-order valence-electron chi connectivity index (χ2n) is 1.86. The Hall–Kier alpha value is 1.35. The minimum Gasteiger partial charge on any atom is -0.834 e. The molecule has 0 aromatic rings. The van der Waals surface area contributed by atoms with Crippen LogP contribution in [0.15, 0.2) is 0 Å². The average molecular weight is 181 g/mol. The molecule has 0 aliphatic heterocycles. The van der Waals surface area contributed by atoms with E-state index in [4.69, 9.17) is 0 Å². The van der Waals surface area contributed by atoms with Crippen molar-refractivity contribution in [3.05, 3.63) is 0 Å². The fourth-order valence-electron chi connectivity index (χ4n) is 0.293. The Morgan fingerprint density at radius 3 is 1.60 bits per heavy atom. The molecular weight excluding hydrogens is 174 g/mol. The van der Waals surface area contributed by atoms with Gasteiger partial charge in [-0.1, -0.05) is 0 Å². The van der Waals surface area contributed by atoms with E-state index >= 15 is 0 Å². The summed E-state index contributed by atoms with van der Waals surface area (Å²) in [6.45, 7) is 0. The molecule has 0 radical (unpaired) electrons. The molecule has 0 bridgehead atoms. The van der Waals surface area contributed by atoms with Crippen LogP contribution in [0, 0.1) is 0 Å². The first-order chi connectivity index (χ1) is 3.85. The molecular formula is C4H7F3KNO. The minimum atomic E-state index is -4.65. The van der Waals surface area contributed by atoms with E-state index in [1.54, 1.807) is 0 Å². The zero-order valence-corrected chi connectivity index (χ0v) is 9.19. The summed E-state index contributed by atoms with van der Waals surface area (Å²) in [5.41, 5.74) is 0. The van der Waals surface area contributed by atoms with E-state index in [-0.39, 0.29) is 51.4 Å². The van der Waals surface area contributed by atoms with Gasteiger partial charge in [0.25, 0.3) is 0 Å². The van der Waals surface area contributed by atoms with Crippen LogP contribution >= 0.6 is 0 Å². The van der Waals surface area contributed by atoms with E-state index < -0.39 is 12.4 Å². The van der Waals surface area contributed by atoms with Gasteiger partial charge in [-0.05, 0) is 14.1 Å². The van der Waals surface area contributed by atoms with Crippen LogP contribution in [0.25, 0.3) is 0 Å². The molecule has 0 saturated heterocycles. The van der Waals surface area contributed by atoms with Gasteiger partial charge in [0.1, 0.15) is 0 Å². The van der Waals surface area contributed by atoms with E-state index in [2.05, 4.69) is 0 Å². The SMILES string of the molecule is CN(C)C([O-])C(F)(F)F.[K+]. The number of nitrogens with zero attached hydrogens (tertiary/aromatic N) is 1. The molecule has 0 aliphatic rings. The predicted octanol–water partition coefficient (Wildman–Crippen LogP) is -3.20. The Balaban J connectivity index is 0. The monoisotopic (exact) mass is 181 g/mol. The maximum absolute atomic E-state index is 11.3. The summed E-state index contributed by atoms with van der Waals surface area (Å²) in [5.74, 6) is 0. The Labute approximate surface area is 99.8 Å². The van der Waals surface area contributed by atoms with Gasteiger partial charge in [-0.25, -0.2) is 0 Å². The summed E-state index contributed by atoms with van der Waals surface area (Å²) in [6.07, 6.45) is -7.25. The topological polar surface area (TPSA) is 26.3 Å². The second kappa shape index (κ2) is 5.07. The van der Waals surface area contributed by atoms with Gasteiger partial charge in [0.15, 0.2) is 0 Å². The van der Waals surface area contributed by atoms with Crippen molar-refractivity contribution in [1.29, 1.82) is 0 Å². The third-order valence-electron chi connectivity index (χ3n) is 0.749. The predicted molar refractivity (Wildman–Crippen MR) is 23.5 cm³/mol. The number of hydrogen-bond acceptors (Lipinski definition) is 2. The Bertz CT molecular complexity index is 95.0. The second-order valence-corrected chi connectivity index (χ2v) is 1.86. The van der Waals surface area contributed by atoms with Crippen molar-refractivity contribution in [3.63, 3.8) is 0 Å². The zero-order chi connectivity index (χ0) is 7.65. The van der Waals surface area contributed by atoms with Crippen molar-refractivity contribution >= 4 is 0 Å². The quantitative estimate of drug-likeness (QED) is 0.314. The summed E-state index contributed by atoms with van der Waals surface area (Å²) in [6, 6.07) is 0. The summed E-state index contributed by atoms with van der Waals surface area (Å²) < 4.78 is 34.0. The largest absolute Gasteiger partial charge is 1.00 e. The number of alkyl halides is 3. The van der Waals surface area contributed by atoms with Crippen LogP contribution < -0.4 is 56.5 Å². The molecule has 6 heteroatoms. The fraction of sp³-hybridized carbons (Fsp3) is 1.00. The Morgan fingerprint density at radius 2 is 1.60 bits per heavy atom. The van der Waals surface area contributed by atoms with E-state index in [0.717, 1.165) is 14.1 Å². The van der Waals surface area contributed by atoms with Crippen LogP contribution in [0.5, 0.6) is 0 Å². The van der Waals surface area contributed by atoms with Gasteiger partial charge >= 0.3 is 57.6 Å². The van der Waals surface area contributed by atoms with Crippen LogP contribution in [0.3, 0.4) is 0 Å². The van der Waals surface area contributed by atoms with E-state index in [1.165, 1.54) is 0 Å². The average Bonchev–Trinajstić information content (AvgIpc) is 1.62. The van der Waals surface area contributed by atoms with E-state index in [1.807, 2.05) is 0 Å². The van der Waals surface area contributed by atoms with Crippen LogP contribution in [0.2, 0.25) is 0 Å². The van der Waals surface area contributed by atoms with E-state index in [9.17, 15) is 18.3 Å². The maximum Gasteiger partial charge on any atom is 1.00 e. The van der Waals surface area contributed by atoms with Crippen molar-refractivity contribution < 1.29 is 69.7 Å². The molecule has 1 unspecified atom stereocenters. The van der Waals surface area contributed by atoms with Crippen molar-refractivity contribution in [2.24, 2.45) is 0 Å². The molecule has 0 aromatic heterocycles. The van der Waals surface area contributed by atoms with Gasteiger partial charge in [-0.2, -0.15) is 13.2 Å². The summed E-state index contributed by atoms with van der Waals surface area (Å²) >= 11 is 0. The van der Waals surface area contributed by atoms with Crippen molar-refractivity contribution in [3.8, 4) is 0 Å². The summed E-state index contributed by atoms with van der Waals surface area (Å²) in [5, 5.41) is 10.0. The van der Waals surface area contributed by atoms with Crippen LogP contribution in [-0.4, -0.2) is 31.4 Å². The maximum atomic E-state index is 11.3. The van der Waals surface area contributed by atoms with Crippen LogP contribution in [-0.2, 0) is 0 Å². The van der Waals surface area contributed by atoms with Crippen molar-refractivity contribution in [1.82, 2.24) is 4.90 Å². The molecule has 0 aliphatic carbocycles. The van der Waals surface area contributed by atoms with Gasteiger partial charge in [0.05, 0.1) is 0 Å². The number of halogens is 3. The summed E-state index contributed by atoms with van der Waals surface area (Å²) in [7, 11) is 2.18. The molecule has 0 heterocycles. The standard InChI is InChI=1S/C4H7F3NO.K/c1-8(2)3(9)4(5,6)7;/h3H,1-2H3;/q-1;+1. The fourth-order valence-corrected chi connectivity index (χ4v) is 0.293. The number of hydrogen-bond donors (Lipinski definition) is 0. The summed E-state index contributed by atoms with van der Waals surface area (Å²) in [4.78, 5) is 0.569. The minimum absolute atomic E-state index is 0. The molecule has 1 atom stereocenters. The molecule has 0 rings (SSSR count). The Kier molecular flexibility index (Phi) is 7.05. The van der Waals surface area contributed by atoms with Crippen LogP contribution in [0.1, 0.15) is 0 Å². The first-order valence-electron chi connectivity index (χ1n) is 2.24. The van der Waals surface area contributed by atoms with Gasteiger partial charge < -0.3 is 10.0 Å². The Morgan fingerprint density at radius 1 is 1.30 bits per heavy atom. The third kappa shape index (κ3) is 5.06. The molecule has 0 saturated carbocycles. The molecule has 10 heavy (non-hydrogen) atoms. The molecule has 0 amide bonds. The number of rotatable bonds is 1. The van der Waals surface area contributed by atoms with E-state index in [0.29, 0.717) is 4.90 Å². The molecule has 56 valence electrons. The normalized spacial score (nSPS) is 14.7. The van der Waals surface area contributed by atoms with Gasteiger partial charge in [-0.15, -0.1) is 0 Å². The third-order valence-corrected chi connectivity index (χ3v) is 0.749. The molecule has 0 N–H and O–H groups in total. The first kappa shape index (κ1) is 13.9. The van der Waals surface area contributed by atoms with Gasteiger partial charge in [-0.3, -0.25) is 0 Å². The molecule has 0 aromatic carbocycles. The first-order valence-corrected chi connectivity index (χ1v) is 2.24. The van der Waals surface area contributed by atoms with Gasteiger partial charge in [0, 0.05) is 6.23 Å². The van der Waals surface area contributed by atoms with Crippen LogP contribution in [0.4, 0.5) is 13.2 Å².